The molecule has 12 nitrogen and oxygen atoms in total. The highest BCUT2D eigenvalue weighted by Gasteiger charge is 2.46. The van der Waals surface area contributed by atoms with Crippen molar-refractivity contribution >= 4 is 59.7 Å². The molecule has 0 atom stereocenters. The van der Waals surface area contributed by atoms with Crippen LogP contribution >= 0.6 is 23.2 Å². The summed E-state index contributed by atoms with van der Waals surface area (Å²) in [6.07, 6.45) is 8.65. The molecule has 5 aromatic carbocycles. The lowest BCUT2D eigenvalue weighted by Crippen LogP contribution is -2.32. The molecule has 5 rings (SSSR count). The summed E-state index contributed by atoms with van der Waals surface area (Å²) in [5.74, 6) is 0. The molecule has 0 saturated heterocycles. The number of hydrogen-bond donors (Lipinski definition) is 0. The van der Waals surface area contributed by atoms with Crippen molar-refractivity contribution in [2.24, 2.45) is 30.0 Å². The Bertz CT molecular complexity index is 2320. The standard InChI is InChI=1S/C24H13ClN4O4.C15H9ClN2O2/c25-21-13-7-12-20(23(26-14-30,27-15-31)18-8-3-1-4-9-18)22(21)24(28-16-32,29-17-33)19-10-5-2-6-11-19;16-14-9-5-4-8-13(14)15(17-10-19,18-11-20)12-6-2-1-3-7-12/h1-13H;1-9H. The number of hydrogen-bond acceptors (Lipinski definition) is 12. The van der Waals surface area contributed by atoms with Gasteiger partial charge in [0.1, 0.15) is 0 Å². The molecule has 258 valence electrons. The van der Waals surface area contributed by atoms with Gasteiger partial charge in [0.15, 0.2) is 0 Å². The molecule has 0 amide bonds. The van der Waals surface area contributed by atoms with E-state index in [-0.39, 0.29) is 27.3 Å². The lowest BCUT2D eigenvalue weighted by Gasteiger charge is -2.32. The number of carbonyl (C=O) groups excluding carboxylic acids is 6. The van der Waals surface area contributed by atoms with Gasteiger partial charge in [-0.25, -0.2) is 28.8 Å². The second kappa shape index (κ2) is 18.3. The molecule has 0 heterocycles. The topological polar surface area (TPSA) is 177 Å². The van der Waals surface area contributed by atoms with Crippen LogP contribution in [0.1, 0.15) is 33.4 Å². The average Bonchev–Trinajstić information content (AvgIpc) is 3.19. The number of rotatable bonds is 12. The van der Waals surface area contributed by atoms with Crippen molar-refractivity contribution in [3.8, 4) is 0 Å². The minimum atomic E-state index is -2.06. The van der Waals surface area contributed by atoms with Crippen molar-refractivity contribution in [2.75, 3.05) is 0 Å². The quantitative estimate of drug-likeness (QED) is 0.0957. The second-order valence-corrected chi connectivity index (χ2v) is 11.3. The fraction of sp³-hybridized carbons (Fsp3) is 0.0769. The zero-order valence-electron chi connectivity index (χ0n) is 27.1. The van der Waals surface area contributed by atoms with Crippen molar-refractivity contribution < 1.29 is 28.8 Å². The fourth-order valence-corrected chi connectivity index (χ4v) is 6.17. The first-order valence-electron chi connectivity index (χ1n) is 15.1. The van der Waals surface area contributed by atoms with Gasteiger partial charge in [-0.2, -0.15) is 30.0 Å². The van der Waals surface area contributed by atoms with Crippen LogP contribution in [0.15, 0.2) is 163 Å². The van der Waals surface area contributed by atoms with Gasteiger partial charge in [-0.1, -0.05) is 145 Å². The summed E-state index contributed by atoms with van der Waals surface area (Å²) in [7, 11) is 0. The van der Waals surface area contributed by atoms with E-state index in [1.54, 1.807) is 115 Å². The molecule has 0 aliphatic heterocycles. The third-order valence-electron chi connectivity index (χ3n) is 7.76. The Morgan fingerprint density at radius 3 is 1.04 bits per heavy atom. The lowest BCUT2D eigenvalue weighted by molar-refractivity contribution is 0.486. The van der Waals surface area contributed by atoms with Gasteiger partial charge in [0.05, 0.1) is 0 Å². The maximum absolute atomic E-state index is 11.5. The SMILES string of the molecule is O=C=NC(N=C=O)(c1ccccc1)c1cccc(Cl)c1C(N=C=O)(N=C=O)c1ccccc1.O=C=NC(N=C=O)(c1ccccc1)c1ccccc1Cl. The molecule has 0 aromatic heterocycles. The Morgan fingerprint density at radius 1 is 0.340 bits per heavy atom. The molecule has 5 aromatic rings. The summed E-state index contributed by atoms with van der Waals surface area (Å²) >= 11 is 12.7. The average molecular weight is 742 g/mol. The van der Waals surface area contributed by atoms with Crippen LogP contribution in [0.3, 0.4) is 0 Å². The third-order valence-corrected chi connectivity index (χ3v) is 8.41. The van der Waals surface area contributed by atoms with Crippen LogP contribution < -0.4 is 0 Å². The van der Waals surface area contributed by atoms with Crippen LogP contribution in [0.4, 0.5) is 0 Å². The summed E-state index contributed by atoms with van der Waals surface area (Å²) in [6.45, 7) is 0. The van der Waals surface area contributed by atoms with Crippen LogP contribution in [0.25, 0.3) is 0 Å². The van der Waals surface area contributed by atoms with E-state index in [0.29, 0.717) is 16.1 Å². The minimum absolute atomic E-state index is 0.00291. The van der Waals surface area contributed by atoms with Crippen molar-refractivity contribution in [3.63, 3.8) is 0 Å². The minimum Gasteiger partial charge on any atom is -0.211 e. The van der Waals surface area contributed by atoms with Gasteiger partial charge in [-0.15, -0.1) is 0 Å². The van der Waals surface area contributed by atoms with E-state index in [9.17, 15) is 28.8 Å². The molecule has 0 N–H and O–H groups in total. The van der Waals surface area contributed by atoms with E-state index < -0.39 is 17.0 Å². The van der Waals surface area contributed by atoms with Crippen molar-refractivity contribution in [1.29, 1.82) is 0 Å². The van der Waals surface area contributed by atoms with Gasteiger partial charge in [0, 0.05) is 43.4 Å². The maximum Gasteiger partial charge on any atom is 0.238 e. The number of nitrogens with zero attached hydrogens (tertiary/aromatic N) is 6. The highest BCUT2D eigenvalue weighted by molar-refractivity contribution is 6.32. The smallest absolute Gasteiger partial charge is 0.211 e. The molecule has 0 aliphatic rings. The summed E-state index contributed by atoms with van der Waals surface area (Å²) in [5.41, 5.74) is -4.13. The Balaban J connectivity index is 0.000000267. The number of benzene rings is 5. The molecule has 0 saturated carbocycles. The summed E-state index contributed by atoms with van der Waals surface area (Å²) < 4.78 is 0. The first-order valence-corrected chi connectivity index (χ1v) is 15.8. The zero-order valence-corrected chi connectivity index (χ0v) is 28.6. The normalized spacial score (nSPS) is 13.2. The highest BCUT2D eigenvalue weighted by Crippen LogP contribution is 2.47. The molecule has 0 fully saturated rings. The first-order chi connectivity index (χ1) is 25.8. The monoisotopic (exact) mass is 740 g/mol. The molecule has 53 heavy (non-hydrogen) atoms. The van der Waals surface area contributed by atoms with Gasteiger partial charge in [-0.05, 0) is 12.1 Å². The van der Waals surface area contributed by atoms with Crippen LogP contribution in [0.5, 0.6) is 0 Å². The molecular weight excluding hydrogens is 719 g/mol. The molecule has 0 unspecified atom stereocenters. The van der Waals surface area contributed by atoms with Crippen LogP contribution in [0, 0.1) is 0 Å². The summed E-state index contributed by atoms with van der Waals surface area (Å²) in [5, 5.41) is 0.339. The van der Waals surface area contributed by atoms with E-state index >= 15 is 0 Å². The first kappa shape index (κ1) is 38.8. The van der Waals surface area contributed by atoms with Gasteiger partial charge in [-0.3, -0.25) is 0 Å². The molecule has 14 heteroatoms. The zero-order chi connectivity index (χ0) is 38.2. The Labute approximate surface area is 311 Å². The predicted molar refractivity (Wildman–Crippen MR) is 193 cm³/mol. The van der Waals surface area contributed by atoms with Crippen LogP contribution in [-0.4, -0.2) is 36.5 Å². The number of aliphatic imine (C=N–C) groups is 6. The maximum atomic E-state index is 11.5. The van der Waals surface area contributed by atoms with Gasteiger partial charge in [0.25, 0.3) is 0 Å². The lowest BCUT2D eigenvalue weighted by atomic mass is 9.81. The Hall–Kier alpha value is -7.04. The number of halogens is 2. The molecule has 0 bridgehead atoms. The van der Waals surface area contributed by atoms with Gasteiger partial charge in [0.2, 0.25) is 53.5 Å². The fourth-order valence-electron chi connectivity index (χ4n) is 5.59. The van der Waals surface area contributed by atoms with Gasteiger partial charge < -0.3 is 0 Å². The second-order valence-electron chi connectivity index (χ2n) is 10.5. The van der Waals surface area contributed by atoms with E-state index in [4.69, 9.17) is 23.2 Å². The van der Waals surface area contributed by atoms with Gasteiger partial charge >= 0.3 is 0 Å². The molecule has 0 spiro atoms. The molecular formula is C39H22Cl2N6O6. The Morgan fingerprint density at radius 2 is 0.642 bits per heavy atom. The molecule has 0 aliphatic carbocycles. The van der Waals surface area contributed by atoms with Crippen LogP contribution in [-0.2, 0) is 45.8 Å². The largest absolute Gasteiger partial charge is 0.238 e. The summed E-state index contributed by atoms with van der Waals surface area (Å²) in [6, 6.07) is 36.1. The molecule has 0 radical (unpaired) electrons. The number of isocyanates is 6. The van der Waals surface area contributed by atoms with Crippen LogP contribution in [0.2, 0.25) is 10.0 Å². The predicted octanol–water partition coefficient (Wildman–Crippen LogP) is 7.30. The van der Waals surface area contributed by atoms with Crippen molar-refractivity contribution in [1.82, 2.24) is 0 Å². The summed E-state index contributed by atoms with van der Waals surface area (Å²) in [4.78, 5) is 90.6. The van der Waals surface area contributed by atoms with E-state index in [2.05, 4.69) is 30.0 Å². The van der Waals surface area contributed by atoms with E-state index in [1.807, 2.05) is 0 Å². The van der Waals surface area contributed by atoms with E-state index in [0.717, 1.165) is 0 Å². The van der Waals surface area contributed by atoms with Crippen molar-refractivity contribution in [3.05, 3.63) is 177 Å². The third kappa shape index (κ3) is 7.98. The highest BCUT2D eigenvalue weighted by atomic mass is 35.5. The van der Waals surface area contributed by atoms with Crippen molar-refractivity contribution in [2.45, 2.75) is 17.0 Å². The van der Waals surface area contributed by atoms with E-state index in [1.165, 1.54) is 54.7 Å². The Kier molecular flexibility index (Phi) is 13.4.